The fourth-order valence-corrected chi connectivity index (χ4v) is 2.77. The van der Waals surface area contributed by atoms with Gasteiger partial charge in [-0.15, -0.1) is 0 Å². The van der Waals surface area contributed by atoms with E-state index in [1.807, 2.05) is 0 Å². The Kier molecular flexibility index (Phi) is 5.54. The highest BCUT2D eigenvalue weighted by Crippen LogP contribution is 2.37. The molecule has 0 aliphatic carbocycles. The molecule has 2 rings (SSSR count). The van der Waals surface area contributed by atoms with Crippen LogP contribution >= 0.6 is 0 Å². The van der Waals surface area contributed by atoms with E-state index in [9.17, 15) is 24.6 Å². The Labute approximate surface area is 137 Å². The van der Waals surface area contributed by atoms with Crippen molar-refractivity contribution in [2.45, 2.75) is 37.7 Å². The highest BCUT2D eigenvalue weighted by molar-refractivity contribution is 5.76. The SMILES string of the molecule is Cc1cn([C@@]2(CC(=O)NCCN)C[C@H](O)[C@@H](CO)O2)c(=O)[nH]c1=O. The van der Waals surface area contributed by atoms with Gasteiger partial charge in [0.1, 0.15) is 6.10 Å². The van der Waals surface area contributed by atoms with E-state index in [1.165, 1.54) is 13.1 Å². The number of aromatic nitrogens is 2. The van der Waals surface area contributed by atoms with Gasteiger partial charge in [-0.05, 0) is 6.92 Å². The zero-order valence-electron chi connectivity index (χ0n) is 13.3. The molecule has 0 saturated carbocycles. The Hall–Kier alpha value is -2.01. The normalized spacial score (nSPS) is 26.5. The van der Waals surface area contributed by atoms with Crippen LogP contribution in [0.3, 0.4) is 0 Å². The number of nitrogens with one attached hydrogen (secondary N) is 2. The molecule has 0 aromatic carbocycles. The zero-order chi connectivity index (χ0) is 17.9. The molecule has 0 bridgehead atoms. The number of rotatable bonds is 6. The lowest BCUT2D eigenvalue weighted by Gasteiger charge is -2.30. The largest absolute Gasteiger partial charge is 0.394 e. The van der Waals surface area contributed by atoms with Gasteiger partial charge in [0.2, 0.25) is 5.91 Å². The molecule has 1 amide bonds. The number of H-pyrrole nitrogens is 1. The summed E-state index contributed by atoms with van der Waals surface area (Å²) in [7, 11) is 0. The lowest BCUT2D eigenvalue weighted by atomic mass is 10.0. The second-order valence-corrected chi connectivity index (χ2v) is 5.81. The molecular formula is C14H22N4O6. The van der Waals surface area contributed by atoms with Gasteiger partial charge in [0.15, 0.2) is 5.72 Å². The van der Waals surface area contributed by atoms with Gasteiger partial charge in [0.05, 0.1) is 19.1 Å². The smallest absolute Gasteiger partial charge is 0.330 e. The minimum Gasteiger partial charge on any atom is -0.394 e. The number of aromatic amines is 1. The highest BCUT2D eigenvalue weighted by Gasteiger charge is 2.49. The first-order valence-electron chi connectivity index (χ1n) is 7.59. The lowest BCUT2D eigenvalue weighted by Crippen LogP contribution is -2.48. The van der Waals surface area contributed by atoms with E-state index >= 15 is 0 Å². The molecule has 1 aromatic rings. The van der Waals surface area contributed by atoms with Crippen LogP contribution in [0.5, 0.6) is 0 Å². The average Bonchev–Trinajstić information content (AvgIpc) is 2.85. The first kappa shape index (κ1) is 18.3. The third-order valence-electron chi connectivity index (χ3n) is 3.97. The van der Waals surface area contributed by atoms with Gasteiger partial charge in [0.25, 0.3) is 5.56 Å². The predicted octanol–water partition coefficient (Wildman–Crippen LogP) is -2.90. The molecule has 1 fully saturated rings. The molecule has 2 heterocycles. The molecule has 1 aromatic heterocycles. The van der Waals surface area contributed by atoms with Gasteiger partial charge < -0.3 is 26.0 Å². The fourth-order valence-electron chi connectivity index (χ4n) is 2.77. The minimum absolute atomic E-state index is 0.0837. The lowest BCUT2D eigenvalue weighted by molar-refractivity contribution is -0.145. The highest BCUT2D eigenvalue weighted by atomic mass is 16.6. The second-order valence-electron chi connectivity index (χ2n) is 5.81. The number of aliphatic hydroxyl groups excluding tert-OH is 2. The summed E-state index contributed by atoms with van der Waals surface area (Å²) >= 11 is 0. The van der Waals surface area contributed by atoms with Crippen LogP contribution in [0.15, 0.2) is 15.8 Å². The van der Waals surface area contributed by atoms with Crippen LogP contribution < -0.4 is 22.3 Å². The van der Waals surface area contributed by atoms with Crippen molar-refractivity contribution in [1.29, 1.82) is 0 Å². The van der Waals surface area contributed by atoms with E-state index in [0.717, 1.165) is 4.57 Å². The Morgan fingerprint density at radius 2 is 2.29 bits per heavy atom. The summed E-state index contributed by atoms with van der Waals surface area (Å²) < 4.78 is 6.76. The molecule has 6 N–H and O–H groups in total. The Balaban J connectivity index is 2.45. The summed E-state index contributed by atoms with van der Waals surface area (Å²) in [4.78, 5) is 38.1. The van der Waals surface area contributed by atoms with Crippen molar-refractivity contribution in [2.24, 2.45) is 5.73 Å². The van der Waals surface area contributed by atoms with Crippen LogP contribution in [-0.2, 0) is 15.3 Å². The first-order chi connectivity index (χ1) is 11.3. The third kappa shape index (κ3) is 3.56. The molecule has 0 radical (unpaired) electrons. The molecule has 134 valence electrons. The number of ether oxygens (including phenoxy) is 1. The van der Waals surface area contributed by atoms with Crippen LogP contribution in [0.4, 0.5) is 0 Å². The number of hydrogen-bond acceptors (Lipinski definition) is 7. The van der Waals surface area contributed by atoms with Crippen LogP contribution in [0, 0.1) is 6.92 Å². The molecule has 1 saturated heterocycles. The summed E-state index contributed by atoms with van der Waals surface area (Å²) in [6.07, 6.45) is -1.07. The Morgan fingerprint density at radius 3 is 2.88 bits per heavy atom. The number of aliphatic hydroxyl groups is 2. The van der Waals surface area contributed by atoms with E-state index < -0.39 is 41.7 Å². The van der Waals surface area contributed by atoms with Crippen molar-refractivity contribution in [3.63, 3.8) is 0 Å². The molecule has 0 spiro atoms. The van der Waals surface area contributed by atoms with Gasteiger partial charge in [-0.2, -0.15) is 0 Å². The first-order valence-corrected chi connectivity index (χ1v) is 7.59. The monoisotopic (exact) mass is 342 g/mol. The third-order valence-corrected chi connectivity index (χ3v) is 3.97. The molecule has 10 heteroatoms. The second kappa shape index (κ2) is 7.26. The molecule has 3 atom stereocenters. The van der Waals surface area contributed by atoms with Crippen molar-refractivity contribution in [1.82, 2.24) is 14.9 Å². The maximum atomic E-state index is 12.2. The van der Waals surface area contributed by atoms with Gasteiger partial charge in [-0.25, -0.2) is 4.79 Å². The fraction of sp³-hybridized carbons (Fsp3) is 0.643. The van der Waals surface area contributed by atoms with E-state index in [2.05, 4.69) is 10.3 Å². The summed E-state index contributed by atoms with van der Waals surface area (Å²) in [5, 5.41) is 21.9. The van der Waals surface area contributed by atoms with Crippen molar-refractivity contribution in [3.8, 4) is 0 Å². The van der Waals surface area contributed by atoms with Crippen molar-refractivity contribution >= 4 is 5.91 Å². The van der Waals surface area contributed by atoms with Gasteiger partial charge in [-0.1, -0.05) is 0 Å². The molecule has 10 nitrogen and oxygen atoms in total. The quantitative estimate of drug-likeness (QED) is 0.371. The average molecular weight is 342 g/mol. The predicted molar refractivity (Wildman–Crippen MR) is 83.3 cm³/mol. The zero-order valence-corrected chi connectivity index (χ0v) is 13.3. The maximum absolute atomic E-state index is 12.2. The van der Waals surface area contributed by atoms with Crippen LogP contribution in [-0.4, -0.2) is 57.6 Å². The maximum Gasteiger partial charge on any atom is 0.330 e. The Bertz CT molecular complexity index is 714. The van der Waals surface area contributed by atoms with Crippen LogP contribution in [0.1, 0.15) is 18.4 Å². The van der Waals surface area contributed by atoms with Crippen LogP contribution in [0.25, 0.3) is 0 Å². The van der Waals surface area contributed by atoms with E-state index in [-0.39, 0.29) is 31.5 Å². The number of carbonyl (C=O) groups excluding carboxylic acids is 1. The Morgan fingerprint density at radius 1 is 1.58 bits per heavy atom. The van der Waals surface area contributed by atoms with E-state index in [1.54, 1.807) is 0 Å². The molecule has 24 heavy (non-hydrogen) atoms. The number of aryl methyl sites for hydroxylation is 1. The van der Waals surface area contributed by atoms with Gasteiger partial charge in [0, 0.05) is 31.3 Å². The number of amides is 1. The minimum atomic E-state index is -1.50. The topological polar surface area (TPSA) is 160 Å². The summed E-state index contributed by atoms with van der Waals surface area (Å²) in [5.41, 5.74) is 2.78. The summed E-state index contributed by atoms with van der Waals surface area (Å²) in [6, 6.07) is 0. The summed E-state index contributed by atoms with van der Waals surface area (Å²) in [5.74, 6) is -0.429. The summed E-state index contributed by atoms with van der Waals surface area (Å²) in [6.45, 7) is 1.54. The standard InChI is InChI=1S/C14H22N4O6/c1-8-6-18(13(23)17-12(8)22)14(5-11(21)16-3-2-15)4-9(20)10(7-19)24-14/h6,9-10,19-20H,2-5,7,15H2,1H3,(H,16,21)(H,17,22,23)/t9-,10+,14-/m0/s1. The number of nitrogens with two attached hydrogens (primary N) is 1. The van der Waals surface area contributed by atoms with Gasteiger partial charge >= 0.3 is 5.69 Å². The van der Waals surface area contributed by atoms with E-state index in [0.29, 0.717) is 0 Å². The van der Waals surface area contributed by atoms with Crippen molar-refractivity contribution in [2.75, 3.05) is 19.7 Å². The number of hydrogen-bond donors (Lipinski definition) is 5. The van der Waals surface area contributed by atoms with Crippen molar-refractivity contribution in [3.05, 3.63) is 32.6 Å². The molecule has 1 aliphatic heterocycles. The van der Waals surface area contributed by atoms with E-state index in [4.69, 9.17) is 10.5 Å². The number of nitrogens with zero attached hydrogens (tertiary/aromatic N) is 1. The van der Waals surface area contributed by atoms with Crippen LogP contribution in [0.2, 0.25) is 0 Å². The molecule has 1 aliphatic rings. The molecule has 0 unspecified atom stereocenters. The molecular weight excluding hydrogens is 320 g/mol. The van der Waals surface area contributed by atoms with Gasteiger partial charge in [-0.3, -0.25) is 19.1 Å². The van der Waals surface area contributed by atoms with Crippen molar-refractivity contribution < 1.29 is 19.7 Å². The number of carbonyl (C=O) groups is 1.